The monoisotopic (exact) mass is 530 g/mol. The second kappa shape index (κ2) is 14.4. The van der Waals surface area contributed by atoms with Crippen LogP contribution in [0.25, 0.3) is 0 Å². The first-order chi connectivity index (χ1) is 14.8. The van der Waals surface area contributed by atoms with Crippen molar-refractivity contribution in [2.24, 2.45) is 0 Å². The summed E-state index contributed by atoms with van der Waals surface area (Å²) in [5.74, 6) is 7.24. The predicted molar refractivity (Wildman–Crippen MR) is 141 cm³/mol. The Bertz CT molecular complexity index is 456. The highest BCUT2D eigenvalue weighted by molar-refractivity contribution is 8.07. The van der Waals surface area contributed by atoms with Gasteiger partial charge in [-0.25, -0.2) is 0 Å². The normalized spacial score (nSPS) is 30.8. The summed E-state index contributed by atoms with van der Waals surface area (Å²) in [4.78, 5) is 0. The average Bonchev–Trinajstić information content (AvgIpc) is 3.54. The van der Waals surface area contributed by atoms with Gasteiger partial charge < -0.3 is 18.9 Å². The van der Waals surface area contributed by atoms with E-state index in [1.165, 1.54) is 23.0 Å². The molecule has 5 unspecified atom stereocenters. The standard InChI is InChI=1S/C20H34O4S6/c1(21-5-17-11-27-17)2-25-16(6-24-9-20-14-30-20)10-26-15(3-22-7-18-12-28-18)4-23-8-19-13-29-19/h15-20H,1-14H2. The van der Waals surface area contributed by atoms with Crippen molar-refractivity contribution in [2.75, 3.05) is 87.4 Å². The van der Waals surface area contributed by atoms with Gasteiger partial charge in [0.05, 0.1) is 58.1 Å². The van der Waals surface area contributed by atoms with E-state index in [1.807, 2.05) is 70.6 Å². The number of hydrogen-bond acceptors (Lipinski definition) is 10. The lowest BCUT2D eigenvalue weighted by Gasteiger charge is -2.21. The fourth-order valence-electron chi connectivity index (χ4n) is 2.67. The molecule has 0 aliphatic carbocycles. The zero-order chi connectivity index (χ0) is 20.4. The van der Waals surface area contributed by atoms with Crippen LogP contribution in [0, 0.1) is 0 Å². The molecule has 5 atom stereocenters. The first kappa shape index (κ1) is 25.0. The van der Waals surface area contributed by atoms with E-state index in [1.54, 1.807) is 0 Å². The van der Waals surface area contributed by atoms with Crippen LogP contribution in [-0.2, 0) is 18.9 Å². The third-order valence-corrected chi connectivity index (χ3v) is 11.3. The van der Waals surface area contributed by atoms with Gasteiger partial charge in [-0.05, 0) is 0 Å². The van der Waals surface area contributed by atoms with Crippen molar-refractivity contribution < 1.29 is 18.9 Å². The van der Waals surface area contributed by atoms with E-state index >= 15 is 0 Å². The Balaban J connectivity index is 1.13. The smallest absolute Gasteiger partial charge is 0.0607 e. The highest BCUT2D eigenvalue weighted by Gasteiger charge is 2.26. The van der Waals surface area contributed by atoms with E-state index in [4.69, 9.17) is 18.9 Å². The fourth-order valence-corrected chi connectivity index (χ4v) is 6.70. The lowest BCUT2D eigenvalue weighted by atomic mass is 10.4. The largest absolute Gasteiger partial charge is 0.379 e. The Morgan fingerprint density at radius 2 is 1.03 bits per heavy atom. The van der Waals surface area contributed by atoms with Gasteiger partial charge in [0.2, 0.25) is 0 Å². The summed E-state index contributed by atoms with van der Waals surface area (Å²) in [6.45, 7) is 6.95. The summed E-state index contributed by atoms with van der Waals surface area (Å²) in [5, 5.41) is 3.93. The SMILES string of the molecule is C(CSC(COCC1CS1)CSC(COCC1CS1)COCC1CS1)OCC1CS1. The van der Waals surface area contributed by atoms with Crippen molar-refractivity contribution in [3.63, 3.8) is 0 Å². The molecule has 4 fully saturated rings. The lowest BCUT2D eigenvalue weighted by Crippen LogP contribution is -2.25. The third-order valence-electron chi connectivity index (χ3n) is 4.83. The summed E-state index contributed by atoms with van der Waals surface area (Å²) in [6.07, 6.45) is 0. The summed E-state index contributed by atoms with van der Waals surface area (Å²) < 4.78 is 23.8. The molecule has 0 radical (unpaired) electrons. The van der Waals surface area contributed by atoms with Crippen molar-refractivity contribution in [3.05, 3.63) is 0 Å². The van der Waals surface area contributed by atoms with Crippen molar-refractivity contribution >= 4 is 70.6 Å². The molecule has 4 aliphatic heterocycles. The topological polar surface area (TPSA) is 36.9 Å². The molecule has 0 spiro atoms. The maximum Gasteiger partial charge on any atom is 0.0607 e. The first-order valence-electron chi connectivity index (χ1n) is 10.9. The van der Waals surface area contributed by atoms with Crippen molar-refractivity contribution in [1.82, 2.24) is 0 Å². The maximum absolute atomic E-state index is 6.03. The van der Waals surface area contributed by atoms with Gasteiger partial charge in [-0.2, -0.15) is 70.6 Å². The van der Waals surface area contributed by atoms with Gasteiger partial charge in [0, 0.05) is 60.8 Å². The molecule has 4 heterocycles. The summed E-state index contributed by atoms with van der Waals surface area (Å²) >= 11 is 12.0. The molecule has 0 aromatic carbocycles. The van der Waals surface area contributed by atoms with Gasteiger partial charge in [0.25, 0.3) is 0 Å². The van der Waals surface area contributed by atoms with E-state index < -0.39 is 0 Å². The summed E-state index contributed by atoms with van der Waals surface area (Å²) in [6, 6.07) is 0. The van der Waals surface area contributed by atoms with Gasteiger partial charge in [0.1, 0.15) is 0 Å². The molecule has 0 aromatic rings. The van der Waals surface area contributed by atoms with Gasteiger partial charge >= 0.3 is 0 Å². The zero-order valence-electron chi connectivity index (χ0n) is 17.4. The number of thioether (sulfide) groups is 6. The van der Waals surface area contributed by atoms with Gasteiger partial charge in [-0.1, -0.05) is 0 Å². The fraction of sp³-hybridized carbons (Fsp3) is 1.00. The minimum atomic E-state index is 0.419. The number of ether oxygens (including phenoxy) is 4. The molecular weight excluding hydrogens is 497 g/mol. The van der Waals surface area contributed by atoms with E-state index in [0.29, 0.717) is 10.5 Å². The molecule has 0 saturated carbocycles. The van der Waals surface area contributed by atoms with Gasteiger partial charge in [-0.3, -0.25) is 0 Å². The molecule has 0 amide bonds. The highest BCUT2D eigenvalue weighted by Crippen LogP contribution is 2.32. The van der Waals surface area contributed by atoms with Crippen molar-refractivity contribution in [1.29, 1.82) is 0 Å². The molecular formula is C20H34O4S6. The predicted octanol–water partition coefficient (Wildman–Crippen LogP) is 3.72. The molecule has 4 nitrogen and oxygen atoms in total. The summed E-state index contributed by atoms with van der Waals surface area (Å²) in [7, 11) is 0. The van der Waals surface area contributed by atoms with Crippen LogP contribution < -0.4 is 0 Å². The quantitative estimate of drug-likeness (QED) is 0.162. The van der Waals surface area contributed by atoms with Crippen LogP contribution in [0.5, 0.6) is 0 Å². The van der Waals surface area contributed by atoms with Crippen LogP contribution in [0.1, 0.15) is 0 Å². The summed E-state index contributed by atoms with van der Waals surface area (Å²) in [5.41, 5.74) is 0. The molecule has 0 N–H and O–H groups in total. The van der Waals surface area contributed by atoms with Gasteiger partial charge in [0.15, 0.2) is 0 Å². The maximum atomic E-state index is 6.03. The molecule has 0 bridgehead atoms. The van der Waals surface area contributed by atoms with Crippen LogP contribution in [0.15, 0.2) is 0 Å². The first-order valence-corrected chi connectivity index (χ1v) is 17.1. The minimum absolute atomic E-state index is 0.419. The van der Waals surface area contributed by atoms with Crippen LogP contribution in [0.2, 0.25) is 0 Å². The second-order valence-electron chi connectivity index (χ2n) is 7.96. The van der Waals surface area contributed by atoms with E-state index in [0.717, 1.165) is 85.4 Å². The van der Waals surface area contributed by atoms with Crippen molar-refractivity contribution in [2.45, 2.75) is 31.5 Å². The molecule has 30 heavy (non-hydrogen) atoms. The van der Waals surface area contributed by atoms with Gasteiger partial charge in [-0.15, -0.1) is 0 Å². The molecule has 4 saturated heterocycles. The van der Waals surface area contributed by atoms with Crippen LogP contribution in [0.4, 0.5) is 0 Å². The molecule has 0 aromatic heterocycles. The van der Waals surface area contributed by atoms with E-state index in [2.05, 4.69) is 0 Å². The lowest BCUT2D eigenvalue weighted by molar-refractivity contribution is 0.0942. The zero-order valence-corrected chi connectivity index (χ0v) is 22.3. The van der Waals surface area contributed by atoms with Crippen molar-refractivity contribution in [3.8, 4) is 0 Å². The highest BCUT2D eigenvalue weighted by atomic mass is 32.2. The Kier molecular flexibility index (Phi) is 12.0. The van der Waals surface area contributed by atoms with E-state index in [9.17, 15) is 0 Å². The Hall–Kier alpha value is 1.94. The minimum Gasteiger partial charge on any atom is -0.379 e. The Labute approximate surface area is 207 Å². The molecule has 4 aliphatic rings. The molecule has 4 rings (SSSR count). The molecule has 174 valence electrons. The number of hydrogen-bond donors (Lipinski definition) is 0. The average molecular weight is 531 g/mol. The van der Waals surface area contributed by atoms with Crippen LogP contribution >= 0.6 is 70.6 Å². The molecule has 10 heteroatoms. The Morgan fingerprint density at radius 1 is 0.600 bits per heavy atom. The Morgan fingerprint density at radius 3 is 1.50 bits per heavy atom. The number of rotatable bonds is 21. The third kappa shape index (κ3) is 12.4. The van der Waals surface area contributed by atoms with Crippen LogP contribution in [0.3, 0.4) is 0 Å². The second-order valence-corrected chi connectivity index (χ2v) is 16.0. The van der Waals surface area contributed by atoms with E-state index in [-0.39, 0.29) is 0 Å². The van der Waals surface area contributed by atoms with Crippen LogP contribution in [-0.4, -0.2) is 119 Å².